The van der Waals surface area contributed by atoms with Crippen LogP contribution in [0.3, 0.4) is 0 Å². The summed E-state index contributed by atoms with van der Waals surface area (Å²) in [5.74, 6) is 0.810. The van der Waals surface area contributed by atoms with Gasteiger partial charge in [-0.3, -0.25) is 4.68 Å². The zero-order valence-electron chi connectivity index (χ0n) is 10.2. The molecule has 1 heterocycles. The number of rotatable bonds is 4. The van der Waals surface area contributed by atoms with E-state index in [0.29, 0.717) is 12.8 Å². The minimum absolute atomic E-state index is 0.417. The van der Waals surface area contributed by atoms with E-state index in [4.69, 9.17) is 0 Å². The van der Waals surface area contributed by atoms with Gasteiger partial charge in [0.1, 0.15) is 12.2 Å². The molecule has 0 bridgehead atoms. The molecule has 0 aliphatic carbocycles. The number of hydrogen-bond acceptors (Lipinski definition) is 3. The van der Waals surface area contributed by atoms with Crippen LogP contribution in [-0.2, 0) is 19.9 Å². The molecule has 90 valence electrons. The molecule has 0 aliphatic heterocycles. The van der Waals surface area contributed by atoms with E-state index in [0.717, 1.165) is 11.4 Å². The molecule has 0 fully saturated rings. The highest BCUT2D eigenvalue weighted by Gasteiger charge is 2.10. The molecule has 0 aliphatic rings. The summed E-state index contributed by atoms with van der Waals surface area (Å²) in [5, 5.41) is 14.0. The fraction of sp³-hybridized carbons (Fsp3) is 0.385. The Kier molecular flexibility index (Phi) is 3.54. The van der Waals surface area contributed by atoms with Crippen molar-refractivity contribution in [2.24, 2.45) is 7.05 Å². The van der Waals surface area contributed by atoms with Gasteiger partial charge in [0.2, 0.25) is 0 Å². The van der Waals surface area contributed by atoms with E-state index < -0.39 is 6.10 Å². The van der Waals surface area contributed by atoms with Crippen molar-refractivity contribution < 1.29 is 5.11 Å². The molecule has 0 amide bonds. The van der Waals surface area contributed by atoms with Crippen LogP contribution in [0, 0.1) is 6.92 Å². The first-order valence-electron chi connectivity index (χ1n) is 5.71. The molecular weight excluding hydrogens is 214 g/mol. The van der Waals surface area contributed by atoms with Crippen LogP contribution in [-0.4, -0.2) is 26.0 Å². The van der Waals surface area contributed by atoms with Gasteiger partial charge in [-0.1, -0.05) is 29.8 Å². The Balaban J connectivity index is 1.98. The van der Waals surface area contributed by atoms with Crippen LogP contribution >= 0.6 is 0 Å². The van der Waals surface area contributed by atoms with Crippen molar-refractivity contribution in [2.75, 3.05) is 0 Å². The maximum absolute atomic E-state index is 10.0. The highest BCUT2D eigenvalue weighted by molar-refractivity contribution is 5.22. The number of aliphatic hydroxyl groups is 1. The zero-order valence-corrected chi connectivity index (χ0v) is 10.2. The van der Waals surface area contributed by atoms with Gasteiger partial charge >= 0.3 is 0 Å². The SMILES string of the molecule is Cc1cccc(CC(O)Cc2ncnn2C)c1. The number of aromatic nitrogens is 3. The van der Waals surface area contributed by atoms with Crippen LogP contribution in [0.2, 0.25) is 0 Å². The van der Waals surface area contributed by atoms with Gasteiger partial charge in [-0.05, 0) is 18.9 Å². The van der Waals surface area contributed by atoms with Crippen LogP contribution in [0.4, 0.5) is 0 Å². The van der Waals surface area contributed by atoms with Crippen LogP contribution in [0.15, 0.2) is 30.6 Å². The Morgan fingerprint density at radius 2 is 2.18 bits per heavy atom. The third-order valence-electron chi connectivity index (χ3n) is 2.78. The third-order valence-corrected chi connectivity index (χ3v) is 2.78. The molecule has 0 spiro atoms. The summed E-state index contributed by atoms with van der Waals surface area (Å²) in [5.41, 5.74) is 2.37. The number of benzene rings is 1. The highest BCUT2D eigenvalue weighted by atomic mass is 16.3. The minimum Gasteiger partial charge on any atom is -0.392 e. The average Bonchev–Trinajstić information content (AvgIpc) is 2.64. The largest absolute Gasteiger partial charge is 0.392 e. The predicted octanol–water partition coefficient (Wildman–Crippen LogP) is 1.27. The van der Waals surface area contributed by atoms with E-state index in [1.54, 1.807) is 4.68 Å². The Labute approximate surface area is 101 Å². The lowest BCUT2D eigenvalue weighted by Gasteiger charge is -2.10. The first kappa shape index (κ1) is 11.8. The summed E-state index contributed by atoms with van der Waals surface area (Å²) >= 11 is 0. The number of aliphatic hydroxyl groups excluding tert-OH is 1. The Morgan fingerprint density at radius 1 is 1.35 bits per heavy atom. The lowest BCUT2D eigenvalue weighted by Crippen LogP contribution is -2.17. The van der Waals surface area contributed by atoms with E-state index in [1.807, 2.05) is 19.2 Å². The molecule has 2 rings (SSSR count). The second-order valence-corrected chi connectivity index (χ2v) is 4.35. The second kappa shape index (κ2) is 5.10. The molecule has 17 heavy (non-hydrogen) atoms. The molecule has 2 aromatic rings. The molecule has 1 aromatic heterocycles. The van der Waals surface area contributed by atoms with Crippen molar-refractivity contribution in [1.82, 2.24) is 14.8 Å². The van der Waals surface area contributed by atoms with Gasteiger partial charge in [0, 0.05) is 13.5 Å². The summed E-state index contributed by atoms with van der Waals surface area (Å²) in [6, 6.07) is 8.20. The Hall–Kier alpha value is -1.68. The lowest BCUT2D eigenvalue weighted by atomic mass is 10.0. The van der Waals surface area contributed by atoms with Crippen molar-refractivity contribution in [1.29, 1.82) is 0 Å². The number of nitrogens with zero attached hydrogens (tertiary/aromatic N) is 3. The summed E-state index contributed by atoms with van der Waals surface area (Å²) in [6.45, 7) is 2.05. The van der Waals surface area contributed by atoms with Gasteiger partial charge < -0.3 is 5.11 Å². The average molecular weight is 231 g/mol. The topological polar surface area (TPSA) is 50.9 Å². The normalized spacial score (nSPS) is 12.6. The lowest BCUT2D eigenvalue weighted by molar-refractivity contribution is 0.171. The molecule has 1 unspecified atom stereocenters. The van der Waals surface area contributed by atoms with Crippen molar-refractivity contribution in [3.8, 4) is 0 Å². The summed E-state index contributed by atoms with van der Waals surface area (Å²) in [7, 11) is 1.84. The zero-order chi connectivity index (χ0) is 12.3. The van der Waals surface area contributed by atoms with Crippen molar-refractivity contribution >= 4 is 0 Å². The van der Waals surface area contributed by atoms with Gasteiger partial charge in [-0.15, -0.1) is 0 Å². The number of aryl methyl sites for hydroxylation is 2. The van der Waals surface area contributed by atoms with Crippen molar-refractivity contribution in [3.05, 3.63) is 47.5 Å². The van der Waals surface area contributed by atoms with Crippen LogP contribution in [0.1, 0.15) is 17.0 Å². The Morgan fingerprint density at radius 3 is 2.82 bits per heavy atom. The fourth-order valence-electron chi connectivity index (χ4n) is 1.90. The van der Waals surface area contributed by atoms with Gasteiger partial charge in [-0.25, -0.2) is 4.98 Å². The maximum Gasteiger partial charge on any atom is 0.138 e. The monoisotopic (exact) mass is 231 g/mol. The fourth-order valence-corrected chi connectivity index (χ4v) is 1.90. The van der Waals surface area contributed by atoms with Gasteiger partial charge in [0.05, 0.1) is 6.10 Å². The van der Waals surface area contributed by atoms with Crippen LogP contribution in [0.5, 0.6) is 0 Å². The van der Waals surface area contributed by atoms with Crippen molar-refractivity contribution in [2.45, 2.75) is 25.9 Å². The van der Waals surface area contributed by atoms with Gasteiger partial charge in [-0.2, -0.15) is 5.10 Å². The molecule has 4 heteroatoms. The summed E-state index contributed by atoms with van der Waals surface area (Å²) in [4.78, 5) is 4.11. The minimum atomic E-state index is -0.417. The third kappa shape index (κ3) is 3.14. The van der Waals surface area contributed by atoms with Gasteiger partial charge in [0.15, 0.2) is 0 Å². The van der Waals surface area contributed by atoms with Crippen molar-refractivity contribution in [3.63, 3.8) is 0 Å². The molecule has 0 radical (unpaired) electrons. The maximum atomic E-state index is 10.0. The molecule has 1 atom stereocenters. The first-order valence-corrected chi connectivity index (χ1v) is 5.71. The van der Waals surface area contributed by atoms with E-state index >= 15 is 0 Å². The molecule has 0 saturated carbocycles. The van der Waals surface area contributed by atoms with Crippen LogP contribution in [0.25, 0.3) is 0 Å². The van der Waals surface area contributed by atoms with Crippen LogP contribution < -0.4 is 0 Å². The smallest absolute Gasteiger partial charge is 0.138 e. The molecular formula is C13H17N3O. The van der Waals surface area contributed by atoms with E-state index in [1.165, 1.54) is 11.9 Å². The summed E-state index contributed by atoms with van der Waals surface area (Å²) in [6.07, 6.45) is 2.27. The van der Waals surface area contributed by atoms with Gasteiger partial charge in [0.25, 0.3) is 0 Å². The molecule has 1 aromatic carbocycles. The van der Waals surface area contributed by atoms with E-state index in [9.17, 15) is 5.11 Å². The molecule has 4 nitrogen and oxygen atoms in total. The second-order valence-electron chi connectivity index (χ2n) is 4.35. The molecule has 0 saturated heterocycles. The highest BCUT2D eigenvalue weighted by Crippen LogP contribution is 2.09. The standard InChI is InChI=1S/C13H17N3O/c1-10-4-3-5-11(6-10)7-12(17)8-13-14-9-15-16(13)2/h3-6,9,12,17H,7-8H2,1-2H3. The summed E-state index contributed by atoms with van der Waals surface area (Å²) < 4.78 is 1.69. The van der Waals surface area contributed by atoms with E-state index in [-0.39, 0.29) is 0 Å². The molecule has 1 N–H and O–H groups in total. The van der Waals surface area contributed by atoms with E-state index in [2.05, 4.69) is 29.1 Å². The predicted molar refractivity (Wildman–Crippen MR) is 65.6 cm³/mol. The first-order chi connectivity index (χ1) is 8.15. The number of hydrogen-bond donors (Lipinski definition) is 1. The quantitative estimate of drug-likeness (QED) is 0.862. The Bertz CT molecular complexity index is 493.